The zero-order chi connectivity index (χ0) is 38.3. The minimum atomic E-state index is -0.499. The number of aryl methyl sites for hydroxylation is 1. The summed E-state index contributed by atoms with van der Waals surface area (Å²) >= 11 is 0. The fourth-order valence-corrected chi connectivity index (χ4v) is 9.52. The molecule has 1 aromatic carbocycles. The van der Waals surface area contributed by atoms with Crippen LogP contribution in [-0.4, -0.2) is 49.1 Å². The number of aliphatic hydroxyl groups is 1. The van der Waals surface area contributed by atoms with E-state index in [4.69, 9.17) is 14.2 Å². The second-order valence-electron chi connectivity index (χ2n) is 15.8. The lowest BCUT2D eigenvalue weighted by molar-refractivity contribution is -0.148. The average molecular weight is 727 g/mol. The maximum atomic E-state index is 12.5. The van der Waals surface area contributed by atoms with Crippen LogP contribution in [-0.2, 0) is 30.2 Å². The maximum absolute atomic E-state index is 12.5. The van der Waals surface area contributed by atoms with E-state index in [0.717, 1.165) is 87.4 Å². The molecule has 0 heterocycles. The Morgan fingerprint density at radius 1 is 0.846 bits per heavy atom. The maximum Gasteiger partial charge on any atom is 0.305 e. The van der Waals surface area contributed by atoms with Crippen LogP contribution in [0.3, 0.4) is 0 Å². The highest BCUT2D eigenvalue weighted by molar-refractivity contribution is 5.69. The van der Waals surface area contributed by atoms with E-state index in [1.165, 1.54) is 51.0 Å². The Kier molecular flexibility index (Phi) is 23.5. The lowest BCUT2D eigenvalue weighted by Gasteiger charge is -2.39. The van der Waals surface area contributed by atoms with Crippen molar-refractivity contribution in [1.29, 1.82) is 0 Å². The van der Waals surface area contributed by atoms with Gasteiger partial charge in [-0.1, -0.05) is 123 Å². The Bertz CT molecular complexity index is 1100. The topological polar surface area (TPSA) is 82.1 Å². The van der Waals surface area contributed by atoms with E-state index >= 15 is 0 Å². The lowest BCUT2D eigenvalue weighted by Crippen LogP contribution is -2.31. The van der Waals surface area contributed by atoms with Crippen molar-refractivity contribution in [2.75, 3.05) is 13.7 Å². The standard InChI is InChI=1S/C46H78O6/c1-9-34(6)39(11-3)41(13-5)40(12-4)37(10-2)25-21-22-32-51-46(49)27-20-15-14-19-26-43-42(44(48)33-45(43)52-35(7)47)31-30-38(50-8)29-28-36-23-17-16-18-24-36/h14,16-19,23-24,34,37-45,48H,9-13,15,20-22,25-33H2,1-8H3/b19-14-/t34?,37?,38-,39?,40?,41?,42+,43+,44+,45-/m0/s1. The van der Waals surface area contributed by atoms with Gasteiger partial charge in [0.15, 0.2) is 0 Å². The molecule has 298 valence electrons. The minimum Gasteiger partial charge on any atom is -0.466 e. The lowest BCUT2D eigenvalue weighted by atomic mass is 9.66. The number of carbonyl (C=O) groups is 2. The molecule has 0 spiro atoms. The summed E-state index contributed by atoms with van der Waals surface area (Å²) in [5, 5.41) is 11.0. The number of esters is 2. The highest BCUT2D eigenvalue weighted by Gasteiger charge is 2.43. The highest BCUT2D eigenvalue weighted by Crippen LogP contribution is 2.42. The van der Waals surface area contributed by atoms with Crippen LogP contribution in [0.15, 0.2) is 42.5 Å². The van der Waals surface area contributed by atoms with Crippen LogP contribution >= 0.6 is 0 Å². The second-order valence-corrected chi connectivity index (χ2v) is 15.8. The monoisotopic (exact) mass is 727 g/mol. The van der Waals surface area contributed by atoms with Crippen molar-refractivity contribution < 1.29 is 28.9 Å². The van der Waals surface area contributed by atoms with Gasteiger partial charge in [0.2, 0.25) is 0 Å². The van der Waals surface area contributed by atoms with Gasteiger partial charge < -0.3 is 19.3 Å². The molecule has 10 atom stereocenters. The largest absolute Gasteiger partial charge is 0.466 e. The molecule has 0 aliphatic heterocycles. The van der Waals surface area contributed by atoms with E-state index in [1.807, 2.05) is 6.07 Å². The number of unbranched alkanes of at least 4 members (excludes halogenated alkanes) is 2. The Balaban J connectivity index is 1.75. The molecule has 5 unspecified atom stereocenters. The molecule has 1 saturated carbocycles. The number of benzene rings is 1. The Morgan fingerprint density at radius 3 is 2.17 bits per heavy atom. The number of rotatable bonds is 28. The second kappa shape index (κ2) is 26.6. The van der Waals surface area contributed by atoms with Crippen LogP contribution < -0.4 is 0 Å². The van der Waals surface area contributed by atoms with Crippen molar-refractivity contribution in [3.05, 3.63) is 48.0 Å². The van der Waals surface area contributed by atoms with E-state index in [0.29, 0.717) is 19.4 Å². The molecule has 2 rings (SSSR count). The summed E-state index contributed by atoms with van der Waals surface area (Å²) < 4.78 is 17.1. The van der Waals surface area contributed by atoms with Gasteiger partial charge in [-0.05, 0) is 98.9 Å². The SMILES string of the molecule is CCC(C)C(CC)C(CC)C(CC)C(CC)CCCCOC(=O)CCC/C=C\C[C@@H]1[C@@H](CC[C@H](CCc2ccccc2)OC)[C@H](O)C[C@@H]1OC(C)=O. The molecule has 0 bridgehead atoms. The molecule has 6 heteroatoms. The number of carbonyl (C=O) groups excluding carboxylic acids is 2. The molecule has 52 heavy (non-hydrogen) atoms. The fourth-order valence-electron chi connectivity index (χ4n) is 9.52. The third kappa shape index (κ3) is 16.0. The summed E-state index contributed by atoms with van der Waals surface area (Å²) in [6.45, 7) is 16.3. The fraction of sp³-hybridized carbons (Fsp3) is 0.783. The van der Waals surface area contributed by atoms with Gasteiger partial charge >= 0.3 is 11.9 Å². The smallest absolute Gasteiger partial charge is 0.305 e. The summed E-state index contributed by atoms with van der Waals surface area (Å²) in [6.07, 6.45) is 19.9. The molecule has 1 N–H and O–H groups in total. The molecule has 0 radical (unpaired) electrons. The van der Waals surface area contributed by atoms with Crippen molar-refractivity contribution in [2.45, 2.75) is 176 Å². The van der Waals surface area contributed by atoms with E-state index in [1.54, 1.807) is 7.11 Å². The summed E-state index contributed by atoms with van der Waals surface area (Å²) in [5.74, 6) is 3.62. The van der Waals surface area contributed by atoms with Gasteiger partial charge in [-0.3, -0.25) is 9.59 Å². The molecule has 1 aliphatic carbocycles. The zero-order valence-electron chi connectivity index (χ0n) is 34.5. The predicted octanol–water partition coefficient (Wildman–Crippen LogP) is 11.3. The van der Waals surface area contributed by atoms with Crippen molar-refractivity contribution in [3.8, 4) is 0 Å². The van der Waals surface area contributed by atoms with Crippen molar-refractivity contribution in [1.82, 2.24) is 0 Å². The predicted molar refractivity (Wildman–Crippen MR) is 215 cm³/mol. The van der Waals surface area contributed by atoms with Crippen LogP contribution in [0.25, 0.3) is 0 Å². The molecular formula is C46H78O6. The molecule has 1 aliphatic rings. The number of aliphatic hydroxyl groups excluding tert-OH is 1. The van der Waals surface area contributed by atoms with Gasteiger partial charge in [0, 0.05) is 32.8 Å². The van der Waals surface area contributed by atoms with Crippen molar-refractivity contribution in [2.24, 2.45) is 41.4 Å². The van der Waals surface area contributed by atoms with Crippen molar-refractivity contribution in [3.63, 3.8) is 0 Å². The summed E-state index contributed by atoms with van der Waals surface area (Å²) in [4.78, 5) is 24.4. The van der Waals surface area contributed by atoms with E-state index in [9.17, 15) is 14.7 Å². The van der Waals surface area contributed by atoms with Gasteiger partial charge in [-0.2, -0.15) is 0 Å². The van der Waals surface area contributed by atoms with Gasteiger partial charge in [0.05, 0.1) is 18.8 Å². The molecule has 0 aromatic heterocycles. The minimum absolute atomic E-state index is 0.0462. The molecule has 1 aromatic rings. The molecule has 0 saturated heterocycles. The quantitative estimate of drug-likeness (QED) is 0.0526. The van der Waals surface area contributed by atoms with Gasteiger partial charge in [0.1, 0.15) is 6.10 Å². The zero-order valence-corrected chi connectivity index (χ0v) is 34.5. The normalized spacial score (nSPS) is 22.5. The summed E-state index contributed by atoms with van der Waals surface area (Å²) in [6, 6.07) is 10.5. The van der Waals surface area contributed by atoms with E-state index in [2.05, 4.69) is 78.0 Å². The van der Waals surface area contributed by atoms with Crippen LogP contribution in [0.1, 0.15) is 157 Å². The number of ether oxygens (including phenoxy) is 3. The molecular weight excluding hydrogens is 649 g/mol. The Labute approximate surface area is 319 Å². The number of methoxy groups -OCH3 is 1. The third-order valence-electron chi connectivity index (χ3n) is 12.6. The van der Waals surface area contributed by atoms with Crippen LogP contribution in [0.2, 0.25) is 0 Å². The van der Waals surface area contributed by atoms with Crippen LogP contribution in [0, 0.1) is 41.4 Å². The number of hydrogen-bond donors (Lipinski definition) is 1. The Hall–Kier alpha value is -2.18. The summed E-state index contributed by atoms with van der Waals surface area (Å²) in [7, 11) is 1.77. The van der Waals surface area contributed by atoms with E-state index < -0.39 is 6.10 Å². The van der Waals surface area contributed by atoms with Gasteiger partial charge in [-0.25, -0.2) is 0 Å². The average Bonchev–Trinajstić information content (AvgIpc) is 3.43. The molecule has 6 nitrogen and oxygen atoms in total. The summed E-state index contributed by atoms with van der Waals surface area (Å²) in [5.41, 5.74) is 1.30. The number of allylic oxidation sites excluding steroid dienone is 2. The van der Waals surface area contributed by atoms with Gasteiger partial charge in [0.25, 0.3) is 0 Å². The van der Waals surface area contributed by atoms with Gasteiger partial charge in [-0.15, -0.1) is 0 Å². The van der Waals surface area contributed by atoms with Crippen LogP contribution in [0.5, 0.6) is 0 Å². The van der Waals surface area contributed by atoms with E-state index in [-0.39, 0.29) is 36.0 Å². The highest BCUT2D eigenvalue weighted by atomic mass is 16.5. The molecule has 1 fully saturated rings. The first-order valence-electron chi connectivity index (χ1n) is 21.4. The third-order valence-corrected chi connectivity index (χ3v) is 12.6. The number of hydrogen-bond acceptors (Lipinski definition) is 6. The van der Waals surface area contributed by atoms with Crippen molar-refractivity contribution >= 4 is 11.9 Å². The first-order valence-corrected chi connectivity index (χ1v) is 21.4. The molecule has 0 amide bonds. The first-order chi connectivity index (χ1) is 25.1. The first kappa shape index (κ1) is 46.0. The Morgan fingerprint density at radius 2 is 1.56 bits per heavy atom. The van der Waals surface area contributed by atoms with Crippen LogP contribution in [0.4, 0.5) is 0 Å².